The fraction of sp³-hybridized carbons (Fsp3) is 0.933. The van der Waals surface area contributed by atoms with Crippen LogP contribution in [0.15, 0.2) is 0 Å². The fourth-order valence-corrected chi connectivity index (χ4v) is 2.31. The smallest absolute Gasteiger partial charge is 0.225 e. The molecule has 3 heteroatoms. The van der Waals surface area contributed by atoms with Crippen LogP contribution in [0.4, 0.5) is 0 Å². The first-order chi connectivity index (χ1) is 8.08. The summed E-state index contributed by atoms with van der Waals surface area (Å²) in [6, 6.07) is 0.368. The number of carbonyl (C=O) groups is 1. The summed E-state index contributed by atoms with van der Waals surface area (Å²) in [7, 11) is 0. The summed E-state index contributed by atoms with van der Waals surface area (Å²) in [4.78, 5) is 14.4. The van der Waals surface area contributed by atoms with E-state index in [1.165, 1.54) is 0 Å². The Kier molecular flexibility index (Phi) is 4.82. The third-order valence-corrected chi connectivity index (χ3v) is 3.30. The molecule has 1 aliphatic rings. The van der Waals surface area contributed by atoms with Crippen molar-refractivity contribution < 1.29 is 4.79 Å². The van der Waals surface area contributed by atoms with Gasteiger partial charge in [0.05, 0.1) is 0 Å². The molecule has 0 aliphatic carbocycles. The average molecular weight is 254 g/mol. The number of carbonyl (C=O) groups excluding carboxylic acids is 1. The van der Waals surface area contributed by atoms with E-state index in [4.69, 9.17) is 0 Å². The molecule has 1 N–H and O–H groups in total. The van der Waals surface area contributed by atoms with Crippen LogP contribution < -0.4 is 5.32 Å². The van der Waals surface area contributed by atoms with Crippen LogP contribution in [0.5, 0.6) is 0 Å². The molecule has 0 spiro atoms. The molecule has 0 atom stereocenters. The van der Waals surface area contributed by atoms with Crippen LogP contribution in [0.25, 0.3) is 0 Å². The van der Waals surface area contributed by atoms with E-state index in [9.17, 15) is 4.79 Å². The van der Waals surface area contributed by atoms with Crippen LogP contribution >= 0.6 is 0 Å². The first kappa shape index (κ1) is 15.5. The van der Waals surface area contributed by atoms with Crippen molar-refractivity contribution in [1.29, 1.82) is 0 Å². The molecule has 1 fully saturated rings. The summed E-state index contributed by atoms with van der Waals surface area (Å²) in [5.74, 6) is 0.178. The molecule has 106 valence electrons. The summed E-state index contributed by atoms with van der Waals surface area (Å²) in [5, 5.41) is 3.18. The summed E-state index contributed by atoms with van der Waals surface area (Å²) < 4.78 is 0. The molecular weight excluding hydrogens is 224 g/mol. The SMILES string of the molecule is CC(C)(C)CN1CCC(NC(=O)C(C)(C)C)CC1. The zero-order chi connectivity index (χ0) is 14.0. The molecule has 1 aliphatic heterocycles. The summed E-state index contributed by atoms with van der Waals surface area (Å²) in [6.45, 7) is 16.1. The maximum atomic E-state index is 11.9. The van der Waals surface area contributed by atoms with E-state index in [0.717, 1.165) is 32.5 Å². The van der Waals surface area contributed by atoms with Gasteiger partial charge < -0.3 is 10.2 Å². The first-order valence-electron chi connectivity index (χ1n) is 7.11. The molecule has 0 radical (unpaired) electrons. The van der Waals surface area contributed by atoms with Gasteiger partial charge in [0.1, 0.15) is 0 Å². The van der Waals surface area contributed by atoms with E-state index in [-0.39, 0.29) is 11.3 Å². The van der Waals surface area contributed by atoms with Crippen LogP contribution in [0.2, 0.25) is 0 Å². The highest BCUT2D eigenvalue weighted by molar-refractivity contribution is 5.81. The quantitative estimate of drug-likeness (QED) is 0.821. The van der Waals surface area contributed by atoms with E-state index in [2.05, 4.69) is 31.0 Å². The van der Waals surface area contributed by atoms with Crippen LogP contribution in [-0.2, 0) is 4.79 Å². The van der Waals surface area contributed by atoms with Gasteiger partial charge >= 0.3 is 0 Å². The van der Waals surface area contributed by atoms with E-state index in [0.29, 0.717) is 11.5 Å². The highest BCUT2D eigenvalue weighted by Crippen LogP contribution is 2.20. The van der Waals surface area contributed by atoms with E-state index in [1.54, 1.807) is 0 Å². The summed E-state index contributed by atoms with van der Waals surface area (Å²) in [6.07, 6.45) is 2.16. The Labute approximate surface area is 112 Å². The molecule has 0 unspecified atom stereocenters. The van der Waals surface area contributed by atoms with Gasteiger partial charge in [-0.3, -0.25) is 4.79 Å². The minimum Gasteiger partial charge on any atom is -0.353 e. The maximum Gasteiger partial charge on any atom is 0.225 e. The van der Waals surface area contributed by atoms with Gasteiger partial charge in [-0.1, -0.05) is 41.5 Å². The molecule has 0 aromatic heterocycles. The predicted molar refractivity (Wildman–Crippen MR) is 76.5 cm³/mol. The van der Waals surface area contributed by atoms with Gasteiger partial charge in [-0.2, -0.15) is 0 Å². The third-order valence-electron chi connectivity index (χ3n) is 3.30. The highest BCUT2D eigenvalue weighted by Gasteiger charge is 2.27. The normalized spacial score (nSPS) is 19.9. The van der Waals surface area contributed by atoms with Crippen LogP contribution in [0.3, 0.4) is 0 Å². The third kappa shape index (κ3) is 5.38. The molecule has 1 rings (SSSR count). The lowest BCUT2D eigenvalue weighted by atomic mass is 9.92. The molecular formula is C15H30N2O. The van der Waals surface area contributed by atoms with Crippen molar-refractivity contribution in [2.75, 3.05) is 19.6 Å². The Morgan fingerprint density at radius 2 is 1.61 bits per heavy atom. The van der Waals surface area contributed by atoms with Gasteiger partial charge in [-0.05, 0) is 18.3 Å². The summed E-state index contributed by atoms with van der Waals surface area (Å²) in [5.41, 5.74) is 0.0873. The minimum absolute atomic E-state index is 0.178. The standard InChI is InChI=1S/C15H30N2O/c1-14(2,3)11-17-9-7-12(8-10-17)16-13(18)15(4,5)6/h12H,7-11H2,1-6H3,(H,16,18). The number of likely N-dealkylation sites (tertiary alicyclic amines) is 1. The second-order valence-corrected chi connectivity index (χ2v) is 7.83. The number of piperidine rings is 1. The fourth-order valence-electron chi connectivity index (χ4n) is 2.31. The largest absolute Gasteiger partial charge is 0.353 e. The van der Waals surface area contributed by atoms with Gasteiger partial charge in [0, 0.05) is 31.1 Å². The van der Waals surface area contributed by atoms with Gasteiger partial charge in [0.15, 0.2) is 0 Å². The van der Waals surface area contributed by atoms with Crippen LogP contribution in [0.1, 0.15) is 54.4 Å². The van der Waals surface area contributed by atoms with Crippen molar-refractivity contribution in [3.63, 3.8) is 0 Å². The number of nitrogens with zero attached hydrogens (tertiary/aromatic N) is 1. The highest BCUT2D eigenvalue weighted by atomic mass is 16.2. The lowest BCUT2D eigenvalue weighted by molar-refractivity contribution is -0.129. The zero-order valence-electron chi connectivity index (χ0n) is 13.0. The Morgan fingerprint density at radius 1 is 1.11 bits per heavy atom. The maximum absolute atomic E-state index is 11.9. The van der Waals surface area contributed by atoms with Crippen molar-refractivity contribution in [2.45, 2.75) is 60.4 Å². The van der Waals surface area contributed by atoms with E-state index >= 15 is 0 Å². The number of hydrogen-bond donors (Lipinski definition) is 1. The van der Waals surface area contributed by atoms with E-state index < -0.39 is 0 Å². The van der Waals surface area contributed by atoms with Crippen molar-refractivity contribution in [1.82, 2.24) is 10.2 Å². The van der Waals surface area contributed by atoms with Gasteiger partial charge in [-0.15, -0.1) is 0 Å². The second-order valence-electron chi connectivity index (χ2n) is 7.83. The Bertz CT molecular complexity index is 278. The minimum atomic E-state index is -0.275. The zero-order valence-corrected chi connectivity index (χ0v) is 13.0. The average Bonchev–Trinajstić information content (AvgIpc) is 2.17. The number of nitrogens with one attached hydrogen (secondary N) is 1. The molecule has 1 saturated heterocycles. The monoisotopic (exact) mass is 254 g/mol. The van der Waals surface area contributed by atoms with Crippen molar-refractivity contribution >= 4 is 5.91 Å². The second kappa shape index (κ2) is 5.60. The predicted octanol–water partition coefficient (Wildman–Crippen LogP) is 2.66. The van der Waals surface area contributed by atoms with Gasteiger partial charge in [0.25, 0.3) is 0 Å². The molecule has 3 nitrogen and oxygen atoms in total. The van der Waals surface area contributed by atoms with Crippen molar-refractivity contribution in [3.05, 3.63) is 0 Å². The number of amides is 1. The Hall–Kier alpha value is -0.570. The molecule has 1 amide bonds. The topological polar surface area (TPSA) is 32.3 Å². The molecule has 0 bridgehead atoms. The molecule has 0 aromatic rings. The first-order valence-corrected chi connectivity index (χ1v) is 7.11. The molecule has 0 aromatic carbocycles. The van der Waals surface area contributed by atoms with E-state index in [1.807, 2.05) is 20.8 Å². The molecule has 1 heterocycles. The van der Waals surface area contributed by atoms with Crippen molar-refractivity contribution in [2.24, 2.45) is 10.8 Å². The van der Waals surface area contributed by atoms with Crippen LogP contribution in [-0.4, -0.2) is 36.5 Å². The lowest BCUT2D eigenvalue weighted by Gasteiger charge is -2.36. The van der Waals surface area contributed by atoms with Gasteiger partial charge in [-0.25, -0.2) is 0 Å². The molecule has 18 heavy (non-hydrogen) atoms. The summed E-state index contributed by atoms with van der Waals surface area (Å²) >= 11 is 0. The molecule has 0 saturated carbocycles. The number of rotatable bonds is 2. The number of hydrogen-bond acceptors (Lipinski definition) is 2. The van der Waals surface area contributed by atoms with Crippen molar-refractivity contribution in [3.8, 4) is 0 Å². The Balaban J connectivity index is 2.34. The lowest BCUT2D eigenvalue weighted by Crippen LogP contribution is -2.48. The van der Waals surface area contributed by atoms with Gasteiger partial charge in [0.2, 0.25) is 5.91 Å². The van der Waals surface area contributed by atoms with Crippen LogP contribution in [0, 0.1) is 10.8 Å². The Morgan fingerprint density at radius 3 is 2.00 bits per heavy atom.